The summed E-state index contributed by atoms with van der Waals surface area (Å²) in [4.78, 5) is 15.5. The maximum atomic E-state index is 5.45. The molecule has 8 nitrogen and oxygen atoms in total. The van der Waals surface area contributed by atoms with E-state index >= 15 is 0 Å². The van der Waals surface area contributed by atoms with E-state index < -0.39 is 0 Å². The molecule has 3 aromatic rings. The van der Waals surface area contributed by atoms with Crippen molar-refractivity contribution < 1.29 is 4.42 Å². The lowest BCUT2D eigenvalue weighted by molar-refractivity contribution is 0.566. The molecule has 25 heavy (non-hydrogen) atoms. The zero-order valence-electron chi connectivity index (χ0n) is 15.0. The van der Waals surface area contributed by atoms with E-state index in [9.17, 15) is 0 Å². The molecule has 3 aromatic heterocycles. The molecule has 132 valence electrons. The monoisotopic (exact) mass is 359 g/mol. The highest BCUT2D eigenvalue weighted by molar-refractivity contribution is 7.99. The Labute approximate surface area is 150 Å². The summed E-state index contributed by atoms with van der Waals surface area (Å²) in [5.41, 5.74) is 0. The Kier molecular flexibility index (Phi) is 5.03. The van der Waals surface area contributed by atoms with Gasteiger partial charge in [-0.05, 0) is 30.8 Å². The van der Waals surface area contributed by atoms with Crippen LogP contribution in [0, 0.1) is 0 Å². The summed E-state index contributed by atoms with van der Waals surface area (Å²) in [5, 5.41) is 9.88. The number of rotatable bonds is 6. The fourth-order valence-corrected chi connectivity index (χ4v) is 3.02. The average molecular weight is 359 g/mol. The summed E-state index contributed by atoms with van der Waals surface area (Å²) < 4.78 is 7.43. The van der Waals surface area contributed by atoms with Gasteiger partial charge in [0.25, 0.3) is 0 Å². The molecule has 0 fully saturated rings. The van der Waals surface area contributed by atoms with Crippen LogP contribution in [0.1, 0.15) is 32.5 Å². The van der Waals surface area contributed by atoms with Gasteiger partial charge in [-0.15, -0.1) is 10.2 Å². The molecule has 0 aliphatic heterocycles. The number of hydrogen-bond acceptors (Lipinski definition) is 8. The number of anilines is 1. The molecular formula is C16H21N7OS. The molecule has 3 heterocycles. The predicted octanol–water partition coefficient (Wildman–Crippen LogP) is 3.08. The highest BCUT2D eigenvalue weighted by atomic mass is 32.2. The van der Waals surface area contributed by atoms with Crippen molar-refractivity contribution in [3.05, 3.63) is 24.2 Å². The van der Waals surface area contributed by atoms with Gasteiger partial charge in [-0.2, -0.15) is 9.97 Å². The third-order valence-electron chi connectivity index (χ3n) is 3.49. The van der Waals surface area contributed by atoms with Gasteiger partial charge in [-0.1, -0.05) is 13.8 Å². The summed E-state index contributed by atoms with van der Waals surface area (Å²) >= 11 is 1.38. The Morgan fingerprint density at radius 1 is 1.20 bits per heavy atom. The highest BCUT2D eigenvalue weighted by Gasteiger charge is 2.18. The van der Waals surface area contributed by atoms with E-state index in [1.54, 1.807) is 6.26 Å². The molecule has 9 heteroatoms. The number of furan rings is 1. The lowest BCUT2D eigenvalue weighted by atomic mass is 10.2. The lowest BCUT2D eigenvalue weighted by Crippen LogP contribution is -2.16. The molecule has 0 N–H and O–H groups in total. The minimum absolute atomic E-state index is 0.212. The molecule has 0 aliphatic carbocycles. The zero-order valence-corrected chi connectivity index (χ0v) is 15.8. The van der Waals surface area contributed by atoms with Crippen molar-refractivity contribution >= 4 is 17.7 Å². The van der Waals surface area contributed by atoms with Crippen LogP contribution in [0.5, 0.6) is 0 Å². The second-order valence-electron chi connectivity index (χ2n) is 5.96. The van der Waals surface area contributed by atoms with Gasteiger partial charge in [-0.3, -0.25) is 4.57 Å². The third-order valence-corrected chi connectivity index (χ3v) is 4.34. The Balaban J connectivity index is 1.97. The number of aromatic nitrogens is 6. The summed E-state index contributed by atoms with van der Waals surface area (Å²) in [5.74, 6) is 2.99. The van der Waals surface area contributed by atoms with Crippen molar-refractivity contribution in [1.82, 2.24) is 29.7 Å². The van der Waals surface area contributed by atoms with Crippen molar-refractivity contribution in [2.75, 3.05) is 19.0 Å². The lowest BCUT2D eigenvalue weighted by Gasteiger charge is -2.13. The molecule has 0 spiro atoms. The van der Waals surface area contributed by atoms with Gasteiger partial charge in [0.2, 0.25) is 11.1 Å². The molecule has 0 aliphatic rings. The Hall–Kier alpha value is -2.42. The number of hydrogen-bond donors (Lipinski definition) is 0. The molecule has 0 radical (unpaired) electrons. The predicted molar refractivity (Wildman–Crippen MR) is 95.8 cm³/mol. The largest absolute Gasteiger partial charge is 0.461 e. The molecule has 0 saturated carbocycles. The molecule has 0 saturated heterocycles. The van der Waals surface area contributed by atoms with Gasteiger partial charge in [0.05, 0.1) is 6.26 Å². The minimum Gasteiger partial charge on any atom is -0.461 e. The summed E-state index contributed by atoms with van der Waals surface area (Å²) in [6, 6.07) is 3.70. The topological polar surface area (TPSA) is 85.8 Å². The maximum absolute atomic E-state index is 5.45. The Bertz CT molecular complexity index is 816. The molecular weight excluding hydrogens is 338 g/mol. The van der Waals surface area contributed by atoms with E-state index in [0.29, 0.717) is 29.2 Å². The third kappa shape index (κ3) is 3.65. The van der Waals surface area contributed by atoms with E-state index in [4.69, 9.17) is 4.42 Å². The van der Waals surface area contributed by atoms with Crippen LogP contribution in [-0.2, 0) is 6.54 Å². The SMILES string of the molecule is CCn1c(Sc2nc(C(C)C)nc(N(C)C)n2)nnc1-c1ccco1. The van der Waals surface area contributed by atoms with Gasteiger partial charge < -0.3 is 9.32 Å². The summed E-state index contributed by atoms with van der Waals surface area (Å²) in [7, 11) is 3.83. The quantitative estimate of drug-likeness (QED) is 0.664. The number of nitrogens with zero attached hydrogens (tertiary/aromatic N) is 7. The Morgan fingerprint density at radius 2 is 2.00 bits per heavy atom. The first-order chi connectivity index (χ1) is 12.0. The van der Waals surface area contributed by atoms with Gasteiger partial charge in [-0.25, -0.2) is 4.98 Å². The summed E-state index contributed by atoms with van der Waals surface area (Å²) in [6.45, 7) is 6.88. The first-order valence-corrected chi connectivity index (χ1v) is 8.89. The fraction of sp³-hybridized carbons (Fsp3) is 0.438. The van der Waals surface area contributed by atoms with Crippen molar-refractivity contribution in [2.24, 2.45) is 0 Å². The van der Waals surface area contributed by atoms with Gasteiger partial charge in [0, 0.05) is 26.6 Å². The smallest absolute Gasteiger partial charge is 0.229 e. The van der Waals surface area contributed by atoms with Crippen LogP contribution in [-0.4, -0.2) is 43.8 Å². The van der Waals surface area contributed by atoms with Crippen LogP contribution in [0.4, 0.5) is 5.95 Å². The van der Waals surface area contributed by atoms with E-state index in [1.165, 1.54) is 11.8 Å². The molecule has 0 unspecified atom stereocenters. The van der Waals surface area contributed by atoms with E-state index in [-0.39, 0.29) is 5.92 Å². The molecule has 3 rings (SSSR count). The van der Waals surface area contributed by atoms with Crippen molar-refractivity contribution in [2.45, 2.75) is 43.5 Å². The van der Waals surface area contributed by atoms with Crippen molar-refractivity contribution in [1.29, 1.82) is 0 Å². The standard InChI is InChI=1S/C16H21N7OS/c1-6-23-13(11-8-7-9-24-11)20-21-16(23)25-15-18-12(10(2)3)17-14(19-15)22(4)5/h7-10H,6H2,1-5H3. The fourth-order valence-electron chi connectivity index (χ4n) is 2.18. The van der Waals surface area contributed by atoms with Crippen LogP contribution >= 0.6 is 11.8 Å². The van der Waals surface area contributed by atoms with Crippen LogP contribution in [0.25, 0.3) is 11.6 Å². The second-order valence-corrected chi connectivity index (χ2v) is 6.89. The van der Waals surface area contributed by atoms with Crippen LogP contribution in [0.2, 0.25) is 0 Å². The minimum atomic E-state index is 0.212. The van der Waals surface area contributed by atoms with E-state index in [1.807, 2.05) is 42.6 Å². The Morgan fingerprint density at radius 3 is 2.60 bits per heavy atom. The zero-order chi connectivity index (χ0) is 18.0. The molecule has 0 amide bonds. The van der Waals surface area contributed by atoms with Gasteiger partial charge in [0.1, 0.15) is 5.82 Å². The van der Waals surface area contributed by atoms with Crippen LogP contribution < -0.4 is 4.90 Å². The van der Waals surface area contributed by atoms with Crippen molar-refractivity contribution in [3.8, 4) is 11.6 Å². The highest BCUT2D eigenvalue weighted by Crippen LogP contribution is 2.29. The molecule has 0 bridgehead atoms. The van der Waals surface area contributed by atoms with Gasteiger partial charge >= 0.3 is 0 Å². The first-order valence-electron chi connectivity index (χ1n) is 8.07. The van der Waals surface area contributed by atoms with E-state index in [0.717, 1.165) is 11.0 Å². The first kappa shape index (κ1) is 17.4. The summed E-state index contributed by atoms with van der Waals surface area (Å²) in [6.07, 6.45) is 1.63. The van der Waals surface area contributed by atoms with Gasteiger partial charge in [0.15, 0.2) is 16.7 Å². The van der Waals surface area contributed by atoms with Crippen LogP contribution in [0.3, 0.4) is 0 Å². The second kappa shape index (κ2) is 7.22. The van der Waals surface area contributed by atoms with E-state index in [2.05, 4.69) is 39.0 Å². The van der Waals surface area contributed by atoms with Crippen molar-refractivity contribution in [3.63, 3.8) is 0 Å². The van der Waals surface area contributed by atoms with Crippen LogP contribution in [0.15, 0.2) is 33.1 Å². The average Bonchev–Trinajstić information content (AvgIpc) is 3.23. The maximum Gasteiger partial charge on any atom is 0.229 e. The molecule has 0 atom stereocenters. The molecule has 0 aromatic carbocycles. The normalized spacial score (nSPS) is 11.3.